The van der Waals surface area contributed by atoms with E-state index in [1.54, 1.807) is 0 Å². The van der Waals surface area contributed by atoms with Crippen LogP contribution in [0, 0.1) is 5.92 Å². The van der Waals surface area contributed by atoms with E-state index in [0.717, 1.165) is 26.1 Å². The SMILES string of the molecule is CNC(c1ccc2c3c(cccc13)CC2)C1CCOCC1. The van der Waals surface area contributed by atoms with Crippen molar-refractivity contribution in [3.63, 3.8) is 0 Å². The second-order valence-electron chi connectivity index (χ2n) is 6.37. The molecule has 110 valence electrons. The fraction of sp³-hybridized carbons (Fsp3) is 0.474. The lowest BCUT2D eigenvalue weighted by Gasteiger charge is -2.31. The molecule has 2 nitrogen and oxygen atoms in total. The van der Waals surface area contributed by atoms with Crippen molar-refractivity contribution in [2.75, 3.05) is 20.3 Å². The van der Waals surface area contributed by atoms with Gasteiger partial charge in [-0.2, -0.15) is 0 Å². The van der Waals surface area contributed by atoms with E-state index in [1.165, 1.54) is 40.3 Å². The summed E-state index contributed by atoms with van der Waals surface area (Å²) in [5.74, 6) is 0.683. The molecule has 0 spiro atoms. The molecule has 0 bridgehead atoms. The van der Waals surface area contributed by atoms with Gasteiger partial charge in [-0.15, -0.1) is 0 Å². The van der Waals surface area contributed by atoms with E-state index in [9.17, 15) is 0 Å². The Morgan fingerprint density at radius 3 is 2.57 bits per heavy atom. The highest BCUT2D eigenvalue weighted by Crippen LogP contribution is 2.38. The number of rotatable bonds is 3. The van der Waals surface area contributed by atoms with Gasteiger partial charge in [0.15, 0.2) is 0 Å². The molecule has 2 aromatic carbocycles. The molecule has 0 aromatic heterocycles. The molecular weight excluding hydrogens is 258 g/mol. The number of hydrogen-bond acceptors (Lipinski definition) is 2. The Kier molecular flexibility index (Phi) is 3.44. The molecule has 2 aromatic rings. The van der Waals surface area contributed by atoms with Crippen LogP contribution in [0.25, 0.3) is 10.8 Å². The first-order valence-electron chi connectivity index (χ1n) is 8.17. The fourth-order valence-electron chi connectivity index (χ4n) is 4.23. The standard InChI is InChI=1S/C19H23NO/c1-20-19(15-9-11-21-12-10-15)17-8-7-14-6-5-13-3-2-4-16(17)18(13)14/h2-4,7-8,15,19-20H,5-6,9-12H2,1H3. The quantitative estimate of drug-likeness (QED) is 0.927. The van der Waals surface area contributed by atoms with E-state index < -0.39 is 0 Å². The minimum absolute atomic E-state index is 0.443. The van der Waals surface area contributed by atoms with Gasteiger partial charge in [-0.1, -0.05) is 30.3 Å². The Morgan fingerprint density at radius 2 is 1.81 bits per heavy atom. The molecule has 1 fully saturated rings. The van der Waals surface area contributed by atoms with Crippen molar-refractivity contribution in [3.05, 3.63) is 47.0 Å². The van der Waals surface area contributed by atoms with E-state index in [2.05, 4.69) is 42.7 Å². The maximum Gasteiger partial charge on any atom is 0.0469 e. The van der Waals surface area contributed by atoms with Crippen molar-refractivity contribution < 1.29 is 4.74 Å². The Balaban J connectivity index is 1.82. The van der Waals surface area contributed by atoms with Crippen molar-refractivity contribution in [2.24, 2.45) is 5.92 Å². The molecule has 1 aliphatic carbocycles. The van der Waals surface area contributed by atoms with Gasteiger partial charge in [0.05, 0.1) is 0 Å². The Hall–Kier alpha value is -1.38. The first-order chi connectivity index (χ1) is 10.4. The lowest BCUT2D eigenvalue weighted by Crippen LogP contribution is -2.30. The summed E-state index contributed by atoms with van der Waals surface area (Å²) in [5, 5.41) is 6.58. The van der Waals surface area contributed by atoms with E-state index >= 15 is 0 Å². The predicted octanol–water partition coefficient (Wildman–Crippen LogP) is 3.63. The monoisotopic (exact) mass is 281 g/mol. The minimum atomic E-state index is 0.443. The third kappa shape index (κ3) is 2.18. The van der Waals surface area contributed by atoms with Crippen LogP contribution < -0.4 is 5.32 Å². The lowest BCUT2D eigenvalue weighted by molar-refractivity contribution is 0.0548. The first-order valence-corrected chi connectivity index (χ1v) is 8.17. The maximum atomic E-state index is 5.54. The van der Waals surface area contributed by atoms with E-state index in [0.29, 0.717) is 12.0 Å². The van der Waals surface area contributed by atoms with E-state index in [4.69, 9.17) is 4.74 Å². The van der Waals surface area contributed by atoms with Gasteiger partial charge >= 0.3 is 0 Å². The number of nitrogens with one attached hydrogen (secondary N) is 1. The van der Waals surface area contributed by atoms with Crippen molar-refractivity contribution in [3.8, 4) is 0 Å². The summed E-state index contributed by atoms with van der Waals surface area (Å²) in [6.07, 6.45) is 4.73. The largest absolute Gasteiger partial charge is 0.381 e. The lowest BCUT2D eigenvalue weighted by atomic mass is 9.84. The van der Waals surface area contributed by atoms with Crippen LogP contribution >= 0.6 is 0 Å². The van der Waals surface area contributed by atoms with E-state index in [1.807, 2.05) is 0 Å². The zero-order valence-corrected chi connectivity index (χ0v) is 12.7. The van der Waals surface area contributed by atoms with Crippen LogP contribution in [-0.2, 0) is 17.6 Å². The molecule has 2 aliphatic rings. The highest BCUT2D eigenvalue weighted by molar-refractivity contribution is 5.93. The average Bonchev–Trinajstić information content (AvgIpc) is 2.96. The predicted molar refractivity (Wildman–Crippen MR) is 86.7 cm³/mol. The van der Waals surface area contributed by atoms with Gasteiger partial charge in [-0.3, -0.25) is 0 Å². The van der Waals surface area contributed by atoms with Gasteiger partial charge in [0.2, 0.25) is 0 Å². The van der Waals surface area contributed by atoms with Gasteiger partial charge in [0, 0.05) is 19.3 Å². The second-order valence-corrected chi connectivity index (χ2v) is 6.37. The molecule has 2 heteroatoms. The summed E-state index contributed by atoms with van der Waals surface area (Å²) in [7, 11) is 2.10. The molecule has 21 heavy (non-hydrogen) atoms. The van der Waals surface area contributed by atoms with Gasteiger partial charge in [0.1, 0.15) is 0 Å². The summed E-state index contributed by atoms with van der Waals surface area (Å²) in [6, 6.07) is 12.0. The maximum absolute atomic E-state index is 5.54. The molecule has 1 saturated heterocycles. The number of aryl methyl sites for hydroxylation is 2. The smallest absolute Gasteiger partial charge is 0.0469 e. The first kappa shape index (κ1) is 13.3. The van der Waals surface area contributed by atoms with Crippen LogP contribution in [-0.4, -0.2) is 20.3 Å². The summed E-state index contributed by atoms with van der Waals surface area (Å²) in [6.45, 7) is 1.81. The van der Waals surface area contributed by atoms with Gasteiger partial charge < -0.3 is 10.1 Å². The normalized spacial score (nSPS) is 20.0. The highest BCUT2D eigenvalue weighted by atomic mass is 16.5. The Morgan fingerprint density at radius 1 is 1.05 bits per heavy atom. The summed E-state index contributed by atoms with van der Waals surface area (Å²) < 4.78 is 5.54. The fourth-order valence-corrected chi connectivity index (χ4v) is 4.23. The summed E-state index contributed by atoms with van der Waals surface area (Å²) in [4.78, 5) is 0. The molecular formula is C19H23NO. The van der Waals surface area contributed by atoms with E-state index in [-0.39, 0.29) is 0 Å². The molecule has 0 radical (unpaired) electrons. The third-order valence-electron chi connectivity index (χ3n) is 5.29. The molecule has 0 saturated carbocycles. The molecule has 1 unspecified atom stereocenters. The number of benzene rings is 2. The third-order valence-corrected chi connectivity index (χ3v) is 5.29. The van der Waals surface area contributed by atoms with Crippen molar-refractivity contribution >= 4 is 10.8 Å². The molecule has 4 rings (SSSR count). The van der Waals surface area contributed by atoms with Crippen LogP contribution in [0.1, 0.15) is 35.6 Å². The molecule has 1 aliphatic heterocycles. The zero-order chi connectivity index (χ0) is 14.2. The van der Waals surface area contributed by atoms with Gasteiger partial charge in [0.25, 0.3) is 0 Å². The van der Waals surface area contributed by atoms with Gasteiger partial charge in [-0.25, -0.2) is 0 Å². The van der Waals surface area contributed by atoms with Crippen LogP contribution in [0.2, 0.25) is 0 Å². The molecule has 1 N–H and O–H groups in total. The zero-order valence-electron chi connectivity index (χ0n) is 12.7. The van der Waals surface area contributed by atoms with Crippen molar-refractivity contribution in [1.82, 2.24) is 5.32 Å². The summed E-state index contributed by atoms with van der Waals surface area (Å²) >= 11 is 0. The number of hydrogen-bond donors (Lipinski definition) is 1. The minimum Gasteiger partial charge on any atom is -0.381 e. The van der Waals surface area contributed by atoms with Crippen LogP contribution in [0.4, 0.5) is 0 Å². The Bertz CT molecular complexity index is 648. The highest BCUT2D eigenvalue weighted by Gasteiger charge is 2.26. The summed E-state index contributed by atoms with van der Waals surface area (Å²) in [5.41, 5.74) is 4.55. The molecule has 1 heterocycles. The van der Waals surface area contributed by atoms with Crippen LogP contribution in [0.5, 0.6) is 0 Å². The molecule has 1 atom stereocenters. The number of ether oxygens (including phenoxy) is 1. The van der Waals surface area contributed by atoms with Crippen LogP contribution in [0.3, 0.4) is 0 Å². The second kappa shape index (κ2) is 5.43. The van der Waals surface area contributed by atoms with Crippen molar-refractivity contribution in [2.45, 2.75) is 31.7 Å². The van der Waals surface area contributed by atoms with Gasteiger partial charge in [-0.05, 0) is 66.1 Å². The Labute approximate surface area is 126 Å². The van der Waals surface area contributed by atoms with Crippen LogP contribution in [0.15, 0.2) is 30.3 Å². The van der Waals surface area contributed by atoms with Crippen molar-refractivity contribution in [1.29, 1.82) is 0 Å². The molecule has 0 amide bonds. The average molecular weight is 281 g/mol. The topological polar surface area (TPSA) is 21.3 Å².